The van der Waals surface area contributed by atoms with Crippen molar-refractivity contribution >= 4 is 33.6 Å². The molecule has 2 aliphatic rings. The van der Waals surface area contributed by atoms with Gasteiger partial charge in [0.1, 0.15) is 12.2 Å². The number of nitrogens with zero attached hydrogens (tertiary/aromatic N) is 1. The van der Waals surface area contributed by atoms with Crippen LogP contribution in [-0.2, 0) is 20.9 Å². The molecule has 6 heteroatoms. The second-order valence-corrected chi connectivity index (χ2v) is 8.23. The molecule has 1 saturated carbocycles. The van der Waals surface area contributed by atoms with E-state index in [-0.39, 0.29) is 30.3 Å². The first-order chi connectivity index (χ1) is 14.6. The smallest absolute Gasteiger partial charge is 0.336 e. The number of fused-ring (bicyclic) bond motifs is 3. The molecule has 2 fully saturated rings. The molecule has 1 amide bonds. The summed E-state index contributed by atoms with van der Waals surface area (Å²) in [4.78, 5) is 38.7. The minimum atomic E-state index is -0.462. The molecule has 1 saturated heterocycles. The molecule has 2 heterocycles. The highest BCUT2D eigenvalue weighted by Gasteiger charge is 2.36. The van der Waals surface area contributed by atoms with Crippen LogP contribution in [0.2, 0.25) is 0 Å². The summed E-state index contributed by atoms with van der Waals surface area (Å²) in [6.07, 6.45) is 3.23. The standard InChI is InChI=1S/C24H23NO5/c26-21-13-18(22-19-4-2-1-3-15(19)7-8-20(22)30-21)14-29-24(28)17-9-11-25(12-10-17)23(27)16-5-6-16/h1-4,7-8,13,16-17H,5-6,9-12,14H2. The molecule has 6 nitrogen and oxygen atoms in total. The van der Waals surface area contributed by atoms with Gasteiger partial charge in [-0.25, -0.2) is 4.79 Å². The van der Waals surface area contributed by atoms with Crippen molar-refractivity contribution in [2.75, 3.05) is 13.1 Å². The highest BCUT2D eigenvalue weighted by atomic mass is 16.5. The maximum absolute atomic E-state index is 12.7. The summed E-state index contributed by atoms with van der Waals surface area (Å²) in [5, 5.41) is 2.78. The fraction of sp³-hybridized carbons (Fsp3) is 0.375. The lowest BCUT2D eigenvalue weighted by molar-refractivity contribution is -0.153. The molecule has 0 unspecified atom stereocenters. The van der Waals surface area contributed by atoms with Crippen LogP contribution >= 0.6 is 0 Å². The van der Waals surface area contributed by atoms with Crippen molar-refractivity contribution in [1.29, 1.82) is 0 Å². The maximum atomic E-state index is 12.7. The molecule has 0 radical (unpaired) electrons. The van der Waals surface area contributed by atoms with E-state index in [0.717, 1.165) is 29.0 Å². The van der Waals surface area contributed by atoms with Crippen LogP contribution in [0.25, 0.3) is 21.7 Å². The van der Waals surface area contributed by atoms with Crippen LogP contribution in [0.5, 0.6) is 0 Å². The summed E-state index contributed by atoms with van der Waals surface area (Å²) in [5.74, 6) is -0.0379. The van der Waals surface area contributed by atoms with Gasteiger partial charge >= 0.3 is 11.6 Å². The van der Waals surface area contributed by atoms with Crippen molar-refractivity contribution in [1.82, 2.24) is 4.90 Å². The number of hydrogen-bond donors (Lipinski definition) is 0. The van der Waals surface area contributed by atoms with Crippen molar-refractivity contribution in [3.05, 3.63) is 58.4 Å². The Balaban J connectivity index is 1.31. The van der Waals surface area contributed by atoms with Gasteiger partial charge in [0.05, 0.1) is 5.92 Å². The molecule has 1 aromatic heterocycles. The molecule has 3 aromatic rings. The van der Waals surface area contributed by atoms with Gasteiger partial charge in [-0.05, 0) is 42.5 Å². The quantitative estimate of drug-likeness (QED) is 0.376. The third-order valence-electron chi connectivity index (χ3n) is 6.15. The number of carbonyl (C=O) groups excluding carboxylic acids is 2. The average molecular weight is 405 g/mol. The van der Waals surface area contributed by atoms with Gasteiger partial charge < -0.3 is 14.1 Å². The van der Waals surface area contributed by atoms with Gasteiger partial charge in [0, 0.05) is 36.0 Å². The Morgan fingerprint density at radius 3 is 2.53 bits per heavy atom. The van der Waals surface area contributed by atoms with Crippen LogP contribution in [0, 0.1) is 11.8 Å². The van der Waals surface area contributed by atoms with E-state index < -0.39 is 5.63 Å². The second-order valence-electron chi connectivity index (χ2n) is 8.23. The van der Waals surface area contributed by atoms with E-state index in [0.29, 0.717) is 37.1 Å². The maximum Gasteiger partial charge on any atom is 0.336 e. The summed E-state index contributed by atoms with van der Waals surface area (Å²) in [5.41, 5.74) is 0.669. The van der Waals surface area contributed by atoms with Crippen molar-refractivity contribution in [2.45, 2.75) is 32.3 Å². The van der Waals surface area contributed by atoms with E-state index in [1.165, 1.54) is 6.07 Å². The van der Waals surface area contributed by atoms with Gasteiger partial charge in [-0.1, -0.05) is 30.3 Å². The van der Waals surface area contributed by atoms with Gasteiger partial charge in [0.25, 0.3) is 0 Å². The van der Waals surface area contributed by atoms with E-state index in [9.17, 15) is 14.4 Å². The van der Waals surface area contributed by atoms with Crippen LogP contribution in [0.3, 0.4) is 0 Å². The van der Waals surface area contributed by atoms with E-state index in [2.05, 4.69) is 0 Å². The van der Waals surface area contributed by atoms with Crippen LogP contribution < -0.4 is 5.63 Å². The van der Waals surface area contributed by atoms with Crippen molar-refractivity contribution < 1.29 is 18.7 Å². The zero-order chi connectivity index (χ0) is 20.7. The number of esters is 1. The van der Waals surface area contributed by atoms with Crippen LogP contribution in [0.4, 0.5) is 0 Å². The Morgan fingerprint density at radius 2 is 1.77 bits per heavy atom. The first-order valence-electron chi connectivity index (χ1n) is 10.5. The fourth-order valence-electron chi connectivity index (χ4n) is 4.32. The minimum absolute atomic E-state index is 0.0240. The Kier molecular flexibility index (Phi) is 4.77. The first-order valence-corrected chi connectivity index (χ1v) is 10.5. The topological polar surface area (TPSA) is 76.8 Å². The third kappa shape index (κ3) is 3.58. The molecule has 0 N–H and O–H groups in total. The molecule has 1 aliphatic heterocycles. The Morgan fingerprint density at radius 1 is 1.00 bits per heavy atom. The lowest BCUT2D eigenvalue weighted by atomic mass is 9.96. The van der Waals surface area contributed by atoms with E-state index in [1.54, 1.807) is 6.07 Å². The number of ether oxygens (including phenoxy) is 1. The highest BCUT2D eigenvalue weighted by Crippen LogP contribution is 2.33. The molecule has 154 valence electrons. The van der Waals surface area contributed by atoms with Crippen LogP contribution in [0.15, 0.2) is 51.7 Å². The molecule has 2 aromatic carbocycles. The van der Waals surface area contributed by atoms with E-state index >= 15 is 0 Å². The van der Waals surface area contributed by atoms with Gasteiger partial charge in [-0.2, -0.15) is 0 Å². The second kappa shape index (κ2) is 7.59. The molecule has 5 rings (SSSR count). The van der Waals surface area contributed by atoms with E-state index in [1.807, 2.05) is 35.2 Å². The summed E-state index contributed by atoms with van der Waals surface area (Å²) < 4.78 is 11.0. The Bertz CT molecular complexity index is 1190. The fourth-order valence-corrected chi connectivity index (χ4v) is 4.32. The van der Waals surface area contributed by atoms with Crippen molar-refractivity contribution in [3.8, 4) is 0 Å². The van der Waals surface area contributed by atoms with Gasteiger partial charge in [-0.15, -0.1) is 0 Å². The lowest BCUT2D eigenvalue weighted by Gasteiger charge is -2.31. The van der Waals surface area contributed by atoms with Crippen LogP contribution in [0.1, 0.15) is 31.2 Å². The van der Waals surface area contributed by atoms with Crippen molar-refractivity contribution in [3.63, 3.8) is 0 Å². The minimum Gasteiger partial charge on any atom is -0.461 e. The molecule has 30 heavy (non-hydrogen) atoms. The molecule has 0 bridgehead atoms. The molecular weight excluding hydrogens is 382 g/mol. The average Bonchev–Trinajstić information content (AvgIpc) is 3.62. The lowest BCUT2D eigenvalue weighted by Crippen LogP contribution is -2.41. The number of amides is 1. The van der Waals surface area contributed by atoms with Crippen molar-refractivity contribution in [2.24, 2.45) is 11.8 Å². The third-order valence-corrected chi connectivity index (χ3v) is 6.15. The number of hydrogen-bond acceptors (Lipinski definition) is 5. The number of carbonyl (C=O) groups is 2. The number of piperidine rings is 1. The Hall–Kier alpha value is -3.15. The monoisotopic (exact) mass is 405 g/mol. The summed E-state index contributed by atoms with van der Waals surface area (Å²) in [7, 11) is 0. The zero-order valence-electron chi connectivity index (χ0n) is 16.6. The van der Waals surface area contributed by atoms with Crippen LogP contribution in [-0.4, -0.2) is 29.9 Å². The molecule has 0 atom stereocenters. The molecule has 0 spiro atoms. The first kappa shape index (κ1) is 18.9. The number of likely N-dealkylation sites (tertiary alicyclic amines) is 1. The SMILES string of the molecule is O=C(OCc1cc(=O)oc2ccc3ccccc3c12)C1CCN(C(=O)C2CC2)CC1. The highest BCUT2D eigenvalue weighted by molar-refractivity contribution is 6.07. The van der Waals surface area contributed by atoms with Gasteiger partial charge in [0.2, 0.25) is 5.91 Å². The predicted molar refractivity (Wildman–Crippen MR) is 112 cm³/mol. The van der Waals surface area contributed by atoms with Gasteiger partial charge in [0.15, 0.2) is 0 Å². The number of benzene rings is 2. The zero-order valence-corrected chi connectivity index (χ0v) is 16.6. The van der Waals surface area contributed by atoms with E-state index in [4.69, 9.17) is 9.15 Å². The summed E-state index contributed by atoms with van der Waals surface area (Å²) in [6, 6.07) is 12.9. The number of rotatable bonds is 4. The molecule has 1 aliphatic carbocycles. The summed E-state index contributed by atoms with van der Waals surface area (Å²) >= 11 is 0. The molecular formula is C24H23NO5. The Labute approximate surface area is 173 Å². The normalized spacial score (nSPS) is 17.4. The largest absolute Gasteiger partial charge is 0.461 e. The predicted octanol–water partition coefficient (Wildman–Crippen LogP) is 3.64. The van der Waals surface area contributed by atoms with Gasteiger partial charge in [-0.3, -0.25) is 9.59 Å². The summed E-state index contributed by atoms with van der Waals surface area (Å²) in [6.45, 7) is 1.24.